The van der Waals surface area contributed by atoms with E-state index in [4.69, 9.17) is 4.74 Å². The number of thiophene rings is 1. The number of hydrogen-bond acceptors (Lipinski definition) is 5. The van der Waals surface area contributed by atoms with Crippen molar-refractivity contribution in [2.24, 2.45) is 7.05 Å². The zero-order chi connectivity index (χ0) is 22.3. The zero-order valence-electron chi connectivity index (χ0n) is 18.0. The van der Waals surface area contributed by atoms with Crippen LogP contribution in [0.15, 0.2) is 72.1 Å². The first-order valence-electron chi connectivity index (χ1n) is 10.3. The van der Waals surface area contributed by atoms with E-state index in [-0.39, 0.29) is 5.91 Å². The summed E-state index contributed by atoms with van der Waals surface area (Å²) in [6.45, 7) is 2.67. The van der Waals surface area contributed by atoms with Crippen molar-refractivity contribution in [3.05, 3.63) is 99.8 Å². The van der Waals surface area contributed by atoms with Gasteiger partial charge in [0.2, 0.25) is 0 Å². The third kappa shape index (κ3) is 5.31. The van der Waals surface area contributed by atoms with Gasteiger partial charge in [0.15, 0.2) is 5.82 Å². The summed E-state index contributed by atoms with van der Waals surface area (Å²) in [5.41, 5.74) is 2.59. The number of nitrogens with one attached hydrogen (secondary N) is 1. The number of ether oxygens (including phenoxy) is 1. The van der Waals surface area contributed by atoms with E-state index >= 15 is 0 Å². The second-order valence-corrected chi connectivity index (χ2v) is 8.23. The third-order valence-electron chi connectivity index (χ3n) is 5.04. The van der Waals surface area contributed by atoms with Crippen LogP contribution >= 0.6 is 11.3 Å². The second kappa shape index (κ2) is 10.1. The average Bonchev–Trinajstić information content (AvgIpc) is 3.46. The fraction of sp³-hybridized carbons (Fsp3) is 0.160. The van der Waals surface area contributed by atoms with Crippen LogP contribution in [0.1, 0.15) is 27.7 Å². The Labute approximate surface area is 191 Å². The van der Waals surface area contributed by atoms with Gasteiger partial charge in [0.05, 0.1) is 12.1 Å². The van der Waals surface area contributed by atoms with Crippen LogP contribution in [0.3, 0.4) is 0 Å². The molecule has 0 saturated heterocycles. The van der Waals surface area contributed by atoms with Crippen molar-refractivity contribution < 1.29 is 9.53 Å². The van der Waals surface area contributed by atoms with Gasteiger partial charge in [-0.1, -0.05) is 48.5 Å². The first-order chi connectivity index (χ1) is 15.6. The number of aromatic nitrogens is 3. The molecule has 1 N–H and O–H groups in total. The van der Waals surface area contributed by atoms with Crippen LogP contribution in [0.5, 0.6) is 5.75 Å². The highest BCUT2D eigenvalue weighted by molar-refractivity contribution is 7.11. The maximum absolute atomic E-state index is 13.1. The van der Waals surface area contributed by atoms with Crippen LogP contribution in [-0.4, -0.2) is 20.7 Å². The van der Waals surface area contributed by atoms with Crippen molar-refractivity contribution in [1.29, 1.82) is 0 Å². The molecule has 1 amide bonds. The number of rotatable bonds is 8. The lowest BCUT2D eigenvalue weighted by Crippen LogP contribution is -2.25. The van der Waals surface area contributed by atoms with Crippen molar-refractivity contribution in [2.75, 3.05) is 0 Å². The molecule has 2 aromatic carbocycles. The molecule has 2 heterocycles. The Bertz CT molecular complexity index is 1210. The highest BCUT2D eigenvalue weighted by Gasteiger charge is 2.15. The predicted octanol–water partition coefficient (Wildman–Crippen LogP) is 4.62. The van der Waals surface area contributed by atoms with Gasteiger partial charge in [-0.05, 0) is 47.7 Å². The highest BCUT2D eigenvalue weighted by Crippen LogP contribution is 2.25. The van der Waals surface area contributed by atoms with Crippen LogP contribution < -0.4 is 10.1 Å². The number of hydrogen-bond donors (Lipinski definition) is 1. The Morgan fingerprint density at radius 1 is 1.09 bits per heavy atom. The fourth-order valence-corrected chi connectivity index (χ4v) is 3.88. The van der Waals surface area contributed by atoms with Crippen LogP contribution in [0, 0.1) is 6.92 Å². The molecule has 0 bridgehead atoms. The van der Waals surface area contributed by atoms with Gasteiger partial charge in [0.1, 0.15) is 18.2 Å². The molecule has 6 nitrogen and oxygen atoms in total. The minimum absolute atomic E-state index is 0.163. The smallest absolute Gasteiger partial charge is 0.253 e. The van der Waals surface area contributed by atoms with Crippen LogP contribution in [0.4, 0.5) is 0 Å². The molecular weight excluding hydrogens is 420 g/mol. The highest BCUT2D eigenvalue weighted by atomic mass is 32.1. The first-order valence-corrected chi connectivity index (χ1v) is 11.1. The molecule has 0 spiro atoms. The van der Waals surface area contributed by atoms with E-state index in [0.717, 1.165) is 27.6 Å². The van der Waals surface area contributed by atoms with Gasteiger partial charge in [-0.2, -0.15) is 0 Å². The minimum Gasteiger partial charge on any atom is -0.489 e. The number of carbonyl (C=O) groups excluding carboxylic acids is 1. The summed E-state index contributed by atoms with van der Waals surface area (Å²) < 4.78 is 7.80. The van der Waals surface area contributed by atoms with E-state index in [9.17, 15) is 4.79 Å². The topological polar surface area (TPSA) is 69.0 Å². The lowest BCUT2D eigenvalue weighted by atomic mass is 10.1. The maximum atomic E-state index is 13.1. The molecule has 0 saturated carbocycles. The monoisotopic (exact) mass is 444 g/mol. The lowest BCUT2D eigenvalue weighted by molar-refractivity contribution is -0.115. The Balaban J connectivity index is 1.52. The Kier molecular flexibility index (Phi) is 6.77. The molecule has 0 fully saturated rings. The molecular formula is C25H24N4O2S. The molecule has 0 atom stereocenters. The number of carbonyl (C=O) groups is 1. The molecule has 0 aliphatic carbocycles. The summed E-state index contributed by atoms with van der Waals surface area (Å²) in [7, 11) is 1.88. The number of aryl methyl sites for hydroxylation is 1. The van der Waals surface area contributed by atoms with Crippen LogP contribution in [0.2, 0.25) is 0 Å². The second-order valence-electron chi connectivity index (χ2n) is 7.29. The van der Waals surface area contributed by atoms with E-state index in [1.54, 1.807) is 0 Å². The average molecular weight is 445 g/mol. The standard InChI is InChI=1S/C25H24N4O2S/c1-18-27-28-24(29(18)2)16-26-25(30)22(23-12-7-13-32-23)15-20-10-6-11-21(14-20)31-17-19-8-4-3-5-9-19/h3-15H,16-17H2,1-2H3,(H,26,30)/b22-15+. The summed E-state index contributed by atoms with van der Waals surface area (Å²) in [5, 5.41) is 13.1. The molecule has 7 heteroatoms. The molecule has 32 heavy (non-hydrogen) atoms. The molecule has 0 aliphatic rings. The molecule has 4 aromatic rings. The first kappa shape index (κ1) is 21.5. The molecule has 4 rings (SSSR count). The van der Waals surface area contributed by atoms with Gasteiger partial charge in [0, 0.05) is 11.9 Å². The van der Waals surface area contributed by atoms with E-state index < -0.39 is 0 Å². The summed E-state index contributed by atoms with van der Waals surface area (Å²) in [5.74, 6) is 2.10. The van der Waals surface area contributed by atoms with Gasteiger partial charge in [-0.3, -0.25) is 4.79 Å². The van der Waals surface area contributed by atoms with Crippen molar-refractivity contribution >= 4 is 28.9 Å². The number of benzene rings is 2. The van der Waals surface area contributed by atoms with E-state index in [1.165, 1.54) is 11.3 Å². The van der Waals surface area contributed by atoms with Crippen LogP contribution in [0.25, 0.3) is 11.6 Å². The van der Waals surface area contributed by atoms with Gasteiger partial charge in [-0.25, -0.2) is 0 Å². The van der Waals surface area contributed by atoms with Gasteiger partial charge >= 0.3 is 0 Å². The van der Waals surface area contributed by atoms with E-state index in [2.05, 4.69) is 15.5 Å². The number of nitrogens with zero attached hydrogens (tertiary/aromatic N) is 3. The molecule has 162 valence electrons. The SMILES string of the molecule is Cc1nnc(CNC(=O)/C(=C/c2cccc(OCc3ccccc3)c2)c2cccs2)n1C. The molecule has 2 aromatic heterocycles. The fourth-order valence-electron chi connectivity index (χ4n) is 3.14. The van der Waals surface area contributed by atoms with Crippen molar-refractivity contribution in [1.82, 2.24) is 20.1 Å². The van der Waals surface area contributed by atoms with Crippen molar-refractivity contribution in [2.45, 2.75) is 20.1 Å². The Morgan fingerprint density at radius 3 is 2.66 bits per heavy atom. The summed E-state index contributed by atoms with van der Waals surface area (Å²) in [4.78, 5) is 14.0. The third-order valence-corrected chi connectivity index (χ3v) is 5.94. The van der Waals surface area contributed by atoms with Gasteiger partial charge in [0.25, 0.3) is 5.91 Å². The summed E-state index contributed by atoms with van der Waals surface area (Å²) in [6.07, 6.45) is 1.89. The largest absolute Gasteiger partial charge is 0.489 e. The normalized spacial score (nSPS) is 11.4. The van der Waals surface area contributed by atoms with Crippen molar-refractivity contribution in [3.8, 4) is 5.75 Å². The number of amides is 1. The van der Waals surface area contributed by atoms with Gasteiger partial charge in [-0.15, -0.1) is 21.5 Å². The maximum Gasteiger partial charge on any atom is 0.253 e. The molecule has 0 unspecified atom stereocenters. The molecule has 0 radical (unpaired) electrons. The van der Waals surface area contributed by atoms with E-state index in [1.807, 2.05) is 96.7 Å². The summed E-state index contributed by atoms with van der Waals surface area (Å²) >= 11 is 1.53. The predicted molar refractivity (Wildman–Crippen MR) is 127 cm³/mol. The van der Waals surface area contributed by atoms with Crippen molar-refractivity contribution in [3.63, 3.8) is 0 Å². The molecule has 0 aliphatic heterocycles. The van der Waals surface area contributed by atoms with Crippen LogP contribution in [-0.2, 0) is 25.0 Å². The van der Waals surface area contributed by atoms with Gasteiger partial charge < -0.3 is 14.6 Å². The minimum atomic E-state index is -0.163. The van der Waals surface area contributed by atoms with E-state index in [0.29, 0.717) is 24.5 Å². The Hall–Kier alpha value is -3.71. The lowest BCUT2D eigenvalue weighted by Gasteiger charge is -2.10. The zero-order valence-corrected chi connectivity index (χ0v) is 18.8. The summed E-state index contributed by atoms with van der Waals surface area (Å²) in [6, 6.07) is 21.7. The Morgan fingerprint density at radius 2 is 1.94 bits per heavy atom. The quantitative estimate of drug-likeness (QED) is 0.403.